The highest BCUT2D eigenvalue weighted by molar-refractivity contribution is 14.0. The summed E-state index contributed by atoms with van der Waals surface area (Å²) in [5.41, 5.74) is 2.98. The molecule has 8 heteroatoms. The summed E-state index contributed by atoms with van der Waals surface area (Å²) in [4.78, 5) is 4.23. The zero-order valence-electron chi connectivity index (χ0n) is 15.4. The maximum absolute atomic E-state index is 11.5. The van der Waals surface area contributed by atoms with Crippen LogP contribution in [0.5, 0.6) is 0 Å². The molecule has 146 valence electrons. The van der Waals surface area contributed by atoms with Crippen LogP contribution in [0.15, 0.2) is 40.9 Å². The molecule has 3 N–H and O–H groups in total. The summed E-state index contributed by atoms with van der Waals surface area (Å²) >= 11 is 0. The summed E-state index contributed by atoms with van der Waals surface area (Å²) in [6.45, 7) is 1.33. The average Bonchev–Trinajstić information content (AvgIpc) is 2.58. The third kappa shape index (κ3) is 8.39. The molecule has 0 saturated carbocycles. The van der Waals surface area contributed by atoms with Gasteiger partial charge in [0.15, 0.2) is 5.96 Å². The lowest BCUT2D eigenvalue weighted by atomic mass is 9.97. The Hall–Kier alpha value is -1.29. The van der Waals surface area contributed by atoms with E-state index >= 15 is 0 Å². The first-order valence-electron chi connectivity index (χ1n) is 8.66. The molecule has 0 heterocycles. The second kappa shape index (κ2) is 11.4. The van der Waals surface area contributed by atoms with Gasteiger partial charge in [0.1, 0.15) is 0 Å². The molecular weight excluding hydrogens is 463 g/mol. The summed E-state index contributed by atoms with van der Waals surface area (Å²) in [7, 11) is -1.57. The van der Waals surface area contributed by atoms with E-state index in [2.05, 4.69) is 26.4 Å². The molecule has 1 aliphatic carbocycles. The number of nitrogens with one attached hydrogen (secondary N) is 3. The number of aliphatic imine (C=N–C) groups is 1. The Balaban J connectivity index is 0.00000338. The van der Waals surface area contributed by atoms with E-state index in [1.54, 1.807) is 13.1 Å². The van der Waals surface area contributed by atoms with E-state index in [4.69, 9.17) is 0 Å². The number of sulfonamides is 1. The third-order valence-electron chi connectivity index (χ3n) is 4.11. The summed E-state index contributed by atoms with van der Waals surface area (Å²) in [5, 5.41) is 6.55. The quantitative estimate of drug-likeness (QED) is 0.236. The van der Waals surface area contributed by atoms with E-state index in [0.29, 0.717) is 18.2 Å². The van der Waals surface area contributed by atoms with Crippen LogP contribution in [0.3, 0.4) is 0 Å². The minimum atomic E-state index is -3.30. The number of benzene rings is 1. The predicted molar refractivity (Wildman–Crippen MR) is 120 cm³/mol. The number of allylic oxidation sites excluding steroid dienone is 1. The molecule has 0 unspecified atom stereocenters. The van der Waals surface area contributed by atoms with E-state index in [9.17, 15) is 8.42 Å². The first-order chi connectivity index (χ1) is 12.0. The Morgan fingerprint density at radius 1 is 1.19 bits per heavy atom. The molecule has 1 aromatic rings. The molecule has 0 spiro atoms. The maximum Gasteiger partial charge on any atom is 0.229 e. The number of para-hydroxylation sites is 1. The van der Waals surface area contributed by atoms with Crippen molar-refractivity contribution in [3.63, 3.8) is 0 Å². The van der Waals surface area contributed by atoms with Crippen molar-refractivity contribution in [1.29, 1.82) is 0 Å². The van der Waals surface area contributed by atoms with Crippen LogP contribution in [0.1, 0.15) is 37.7 Å². The van der Waals surface area contributed by atoms with Gasteiger partial charge in [-0.25, -0.2) is 8.42 Å². The van der Waals surface area contributed by atoms with Crippen molar-refractivity contribution in [1.82, 2.24) is 10.6 Å². The Morgan fingerprint density at radius 2 is 1.96 bits per heavy atom. The SMILES string of the molecule is CN=C(NCCC1=CCCCC1)NCc1ccccc1NS(C)(=O)=O.I. The highest BCUT2D eigenvalue weighted by Crippen LogP contribution is 2.19. The smallest absolute Gasteiger partial charge is 0.229 e. The highest BCUT2D eigenvalue weighted by Gasteiger charge is 2.08. The molecule has 26 heavy (non-hydrogen) atoms. The number of anilines is 1. The topological polar surface area (TPSA) is 82.6 Å². The lowest BCUT2D eigenvalue weighted by molar-refractivity contribution is 0.606. The molecular formula is C18H29IN4O2S. The van der Waals surface area contributed by atoms with Gasteiger partial charge in [0.2, 0.25) is 10.0 Å². The number of guanidine groups is 1. The van der Waals surface area contributed by atoms with Crippen molar-refractivity contribution in [2.24, 2.45) is 4.99 Å². The fourth-order valence-electron chi connectivity index (χ4n) is 2.85. The van der Waals surface area contributed by atoms with E-state index in [0.717, 1.165) is 24.8 Å². The Labute approximate surface area is 174 Å². The molecule has 0 atom stereocenters. The fraction of sp³-hybridized carbons (Fsp3) is 0.500. The van der Waals surface area contributed by atoms with E-state index in [-0.39, 0.29) is 24.0 Å². The van der Waals surface area contributed by atoms with Gasteiger partial charge in [0, 0.05) is 20.1 Å². The van der Waals surface area contributed by atoms with Gasteiger partial charge in [-0.15, -0.1) is 24.0 Å². The summed E-state index contributed by atoms with van der Waals surface area (Å²) in [6, 6.07) is 7.34. The van der Waals surface area contributed by atoms with Gasteiger partial charge in [0.25, 0.3) is 0 Å². The van der Waals surface area contributed by atoms with Crippen molar-refractivity contribution in [2.75, 3.05) is 24.6 Å². The standard InChI is InChI=1S/C18H28N4O2S.HI/c1-19-18(20-13-12-15-8-4-3-5-9-15)21-14-16-10-6-7-11-17(16)22-25(2,23)24;/h6-8,10-11,22H,3-5,9,12-14H2,1-2H3,(H2,19,20,21);1H. The Kier molecular flexibility index (Phi) is 10.0. The normalized spacial score (nSPS) is 14.8. The molecule has 0 amide bonds. The van der Waals surface area contributed by atoms with Crippen molar-refractivity contribution in [3.05, 3.63) is 41.5 Å². The van der Waals surface area contributed by atoms with Crippen molar-refractivity contribution >= 4 is 45.6 Å². The lowest BCUT2D eigenvalue weighted by Crippen LogP contribution is -2.37. The second-order valence-electron chi connectivity index (χ2n) is 6.24. The van der Waals surface area contributed by atoms with Crippen LogP contribution in [-0.2, 0) is 16.6 Å². The molecule has 0 bridgehead atoms. The van der Waals surface area contributed by atoms with E-state index in [1.165, 1.54) is 31.3 Å². The molecule has 0 saturated heterocycles. The Bertz CT molecular complexity index is 732. The monoisotopic (exact) mass is 492 g/mol. The summed E-state index contributed by atoms with van der Waals surface area (Å²) in [6.07, 6.45) is 9.55. The molecule has 1 aromatic carbocycles. The van der Waals surface area contributed by atoms with Gasteiger partial charge < -0.3 is 10.6 Å². The first-order valence-corrected chi connectivity index (χ1v) is 10.5. The van der Waals surface area contributed by atoms with E-state index < -0.39 is 10.0 Å². The van der Waals surface area contributed by atoms with Crippen LogP contribution in [0, 0.1) is 0 Å². The van der Waals surface area contributed by atoms with Crippen LogP contribution >= 0.6 is 24.0 Å². The van der Waals surface area contributed by atoms with Crippen molar-refractivity contribution < 1.29 is 8.42 Å². The zero-order valence-corrected chi connectivity index (χ0v) is 18.6. The lowest BCUT2D eigenvalue weighted by Gasteiger charge is -2.16. The third-order valence-corrected chi connectivity index (χ3v) is 4.70. The Morgan fingerprint density at radius 3 is 2.62 bits per heavy atom. The van der Waals surface area contributed by atoms with Crippen LogP contribution in [0.4, 0.5) is 5.69 Å². The van der Waals surface area contributed by atoms with Gasteiger partial charge in [-0.3, -0.25) is 9.71 Å². The number of hydrogen-bond acceptors (Lipinski definition) is 3. The molecule has 6 nitrogen and oxygen atoms in total. The van der Waals surface area contributed by atoms with Crippen LogP contribution in [-0.4, -0.2) is 34.2 Å². The molecule has 0 aromatic heterocycles. The van der Waals surface area contributed by atoms with Gasteiger partial charge >= 0.3 is 0 Å². The number of rotatable bonds is 7. The highest BCUT2D eigenvalue weighted by atomic mass is 127. The molecule has 1 aliphatic rings. The van der Waals surface area contributed by atoms with Crippen molar-refractivity contribution in [2.45, 2.75) is 38.6 Å². The van der Waals surface area contributed by atoms with E-state index in [1.807, 2.05) is 18.2 Å². The van der Waals surface area contributed by atoms with Crippen LogP contribution in [0.25, 0.3) is 0 Å². The van der Waals surface area contributed by atoms with Gasteiger partial charge in [-0.1, -0.05) is 29.8 Å². The molecule has 0 radical (unpaired) electrons. The molecule has 0 fully saturated rings. The minimum absolute atomic E-state index is 0. The van der Waals surface area contributed by atoms with Gasteiger partial charge in [-0.05, 0) is 43.7 Å². The largest absolute Gasteiger partial charge is 0.356 e. The van der Waals surface area contributed by atoms with Gasteiger partial charge in [-0.2, -0.15) is 0 Å². The molecule has 2 rings (SSSR count). The molecule has 0 aliphatic heterocycles. The zero-order chi connectivity index (χ0) is 18.1. The first kappa shape index (κ1) is 22.8. The summed E-state index contributed by atoms with van der Waals surface area (Å²) < 4.78 is 25.5. The maximum atomic E-state index is 11.5. The number of halogens is 1. The number of hydrogen-bond donors (Lipinski definition) is 3. The fourth-order valence-corrected chi connectivity index (χ4v) is 3.45. The summed E-state index contributed by atoms with van der Waals surface area (Å²) in [5.74, 6) is 0.713. The van der Waals surface area contributed by atoms with Crippen LogP contribution < -0.4 is 15.4 Å². The van der Waals surface area contributed by atoms with Crippen LogP contribution in [0.2, 0.25) is 0 Å². The average molecular weight is 492 g/mol. The predicted octanol–water partition coefficient (Wildman–Crippen LogP) is 3.23. The van der Waals surface area contributed by atoms with Crippen molar-refractivity contribution in [3.8, 4) is 0 Å². The second-order valence-corrected chi connectivity index (χ2v) is 7.99. The number of nitrogens with zero attached hydrogens (tertiary/aromatic N) is 1. The minimum Gasteiger partial charge on any atom is -0.356 e. The van der Waals surface area contributed by atoms with Gasteiger partial charge in [0.05, 0.1) is 11.9 Å².